The molecule has 0 aliphatic rings. The van der Waals surface area contributed by atoms with Gasteiger partial charge in [0.2, 0.25) is 0 Å². The zero-order valence-electron chi connectivity index (χ0n) is 4.84. The van der Waals surface area contributed by atoms with Crippen LogP contribution in [0.4, 0.5) is 0 Å². The molecule has 1 radical (unpaired) electrons. The highest BCUT2D eigenvalue weighted by atomic mass is 16.5. The zero-order chi connectivity index (χ0) is 6.85. The van der Waals surface area contributed by atoms with Crippen LogP contribution in [0.3, 0.4) is 0 Å². The van der Waals surface area contributed by atoms with Crippen LogP contribution in [0, 0.1) is 6.92 Å². The molecular weight excluding hydrogens is 120 g/mol. The summed E-state index contributed by atoms with van der Waals surface area (Å²) in [6.45, 7) is 1.59. The van der Waals surface area contributed by atoms with Gasteiger partial charge in [0, 0.05) is 0 Å². The molecule has 0 spiro atoms. The van der Waals surface area contributed by atoms with E-state index in [1.807, 2.05) is 0 Å². The van der Waals surface area contributed by atoms with Crippen LogP contribution in [-0.4, -0.2) is 11.1 Å². The molecular formula is C5H5N2O2. The van der Waals surface area contributed by atoms with Crippen molar-refractivity contribution in [3.63, 3.8) is 0 Å². The van der Waals surface area contributed by atoms with Gasteiger partial charge in [-0.15, -0.1) is 0 Å². The highest BCUT2D eigenvalue weighted by Crippen LogP contribution is 2.03. The third-order valence-electron chi connectivity index (χ3n) is 0.995. The van der Waals surface area contributed by atoms with E-state index in [2.05, 4.69) is 9.68 Å². The topological polar surface area (TPSA) is 66.9 Å². The van der Waals surface area contributed by atoms with E-state index in [-0.39, 0.29) is 5.56 Å². The Hall–Kier alpha value is -1.32. The Balaban J connectivity index is 3.08. The minimum absolute atomic E-state index is 0.231. The summed E-state index contributed by atoms with van der Waals surface area (Å²) in [7, 11) is 0. The molecule has 1 aromatic rings. The molecule has 4 nitrogen and oxygen atoms in total. The van der Waals surface area contributed by atoms with Crippen molar-refractivity contribution in [2.24, 2.45) is 0 Å². The lowest BCUT2D eigenvalue weighted by molar-refractivity contribution is 0.0990. The van der Waals surface area contributed by atoms with Gasteiger partial charge in [-0.25, -0.2) is 0 Å². The highest BCUT2D eigenvalue weighted by Gasteiger charge is 2.07. The Kier molecular flexibility index (Phi) is 1.22. The summed E-state index contributed by atoms with van der Waals surface area (Å²) in [6, 6.07) is 0. The van der Waals surface area contributed by atoms with Gasteiger partial charge in [-0.05, 0) is 6.92 Å². The minimum Gasteiger partial charge on any atom is -0.361 e. The number of nitrogens with one attached hydrogen (secondary N) is 1. The van der Waals surface area contributed by atoms with Gasteiger partial charge in [-0.2, -0.15) is 0 Å². The van der Waals surface area contributed by atoms with E-state index in [0.29, 0.717) is 5.76 Å². The van der Waals surface area contributed by atoms with E-state index >= 15 is 0 Å². The number of rotatable bonds is 1. The van der Waals surface area contributed by atoms with E-state index in [0.717, 1.165) is 0 Å². The van der Waals surface area contributed by atoms with Crippen LogP contribution >= 0.6 is 0 Å². The maximum absolute atomic E-state index is 10.3. The zero-order valence-corrected chi connectivity index (χ0v) is 4.84. The second kappa shape index (κ2) is 1.89. The standard InChI is InChI=1S/C5H5N2O2/c1-3-4(5(6)8)2-7-9-3/h2,6H,1H3. The summed E-state index contributed by atoms with van der Waals surface area (Å²) in [4.78, 5) is 10.3. The molecule has 0 saturated carbocycles. The fourth-order valence-corrected chi connectivity index (χ4v) is 0.517. The number of hydrogen-bond donors (Lipinski definition) is 0. The molecule has 1 rings (SSSR count). The van der Waals surface area contributed by atoms with Crippen molar-refractivity contribution in [1.29, 1.82) is 0 Å². The Morgan fingerprint density at radius 3 is 2.78 bits per heavy atom. The monoisotopic (exact) mass is 125 g/mol. The first-order chi connectivity index (χ1) is 4.22. The van der Waals surface area contributed by atoms with E-state index in [4.69, 9.17) is 5.73 Å². The van der Waals surface area contributed by atoms with Gasteiger partial charge in [-0.1, -0.05) is 5.16 Å². The summed E-state index contributed by atoms with van der Waals surface area (Å²) >= 11 is 0. The molecule has 0 unspecified atom stereocenters. The summed E-state index contributed by atoms with van der Waals surface area (Å²) in [5.74, 6) is -0.358. The Morgan fingerprint density at radius 1 is 1.89 bits per heavy atom. The maximum atomic E-state index is 10.3. The molecule has 0 saturated heterocycles. The fraction of sp³-hybridized carbons (Fsp3) is 0.200. The van der Waals surface area contributed by atoms with Crippen LogP contribution in [0.25, 0.3) is 0 Å². The number of carbonyl (C=O) groups is 1. The largest absolute Gasteiger partial charge is 0.361 e. The Labute approximate surface area is 51.6 Å². The summed E-state index contributed by atoms with van der Waals surface area (Å²) in [6.07, 6.45) is 1.24. The summed E-state index contributed by atoms with van der Waals surface area (Å²) in [5.41, 5.74) is 6.87. The predicted molar refractivity (Wildman–Crippen MR) is 28.7 cm³/mol. The van der Waals surface area contributed by atoms with Crippen molar-refractivity contribution in [3.05, 3.63) is 17.5 Å². The van der Waals surface area contributed by atoms with E-state index in [9.17, 15) is 4.79 Å². The third-order valence-corrected chi connectivity index (χ3v) is 0.995. The first kappa shape index (κ1) is 5.81. The lowest BCUT2D eigenvalue weighted by Crippen LogP contribution is -1.97. The second-order valence-electron chi connectivity index (χ2n) is 1.62. The molecule has 0 fully saturated rings. The number of amides is 1. The second-order valence-corrected chi connectivity index (χ2v) is 1.62. The molecule has 4 heteroatoms. The first-order valence-corrected chi connectivity index (χ1v) is 2.39. The molecule has 0 atom stereocenters. The van der Waals surface area contributed by atoms with Crippen LogP contribution in [0.5, 0.6) is 0 Å². The van der Waals surface area contributed by atoms with Gasteiger partial charge in [0.05, 0.1) is 6.20 Å². The van der Waals surface area contributed by atoms with Gasteiger partial charge in [0.15, 0.2) is 0 Å². The van der Waals surface area contributed by atoms with Crippen LogP contribution in [-0.2, 0) is 0 Å². The SMILES string of the molecule is Cc1oncc1C([NH])=O. The van der Waals surface area contributed by atoms with Gasteiger partial charge in [0.25, 0.3) is 5.91 Å². The third kappa shape index (κ3) is 0.910. The first-order valence-electron chi connectivity index (χ1n) is 2.39. The average Bonchev–Trinajstić information content (AvgIpc) is 2.13. The van der Waals surface area contributed by atoms with Gasteiger partial charge in [-0.3, -0.25) is 10.5 Å². The molecule has 0 aliphatic carbocycles. The minimum atomic E-state index is -0.756. The average molecular weight is 125 g/mol. The molecule has 0 aliphatic heterocycles. The highest BCUT2D eigenvalue weighted by molar-refractivity contribution is 5.92. The molecule has 0 aromatic carbocycles. The normalized spacial score (nSPS) is 9.44. The Bertz CT molecular complexity index is 229. The summed E-state index contributed by atoms with van der Waals surface area (Å²) in [5, 5.41) is 3.33. The molecule has 9 heavy (non-hydrogen) atoms. The fourth-order valence-electron chi connectivity index (χ4n) is 0.517. The van der Waals surface area contributed by atoms with Gasteiger partial charge in [0.1, 0.15) is 11.3 Å². The van der Waals surface area contributed by atoms with Crippen molar-refractivity contribution < 1.29 is 9.32 Å². The van der Waals surface area contributed by atoms with Crippen molar-refractivity contribution >= 4 is 5.91 Å². The number of aromatic nitrogens is 1. The van der Waals surface area contributed by atoms with Crippen molar-refractivity contribution in [1.82, 2.24) is 10.9 Å². The smallest absolute Gasteiger partial charge is 0.274 e. The van der Waals surface area contributed by atoms with E-state index in [1.165, 1.54) is 6.20 Å². The molecule has 1 amide bonds. The van der Waals surface area contributed by atoms with Crippen LogP contribution < -0.4 is 5.73 Å². The number of carbonyl (C=O) groups excluding carboxylic acids is 1. The van der Waals surface area contributed by atoms with Gasteiger partial charge < -0.3 is 4.52 Å². The number of nitrogens with zero attached hydrogens (tertiary/aromatic N) is 1. The summed E-state index contributed by atoms with van der Waals surface area (Å²) < 4.78 is 4.53. The molecule has 0 bridgehead atoms. The molecule has 47 valence electrons. The Morgan fingerprint density at radius 2 is 2.56 bits per heavy atom. The van der Waals surface area contributed by atoms with Crippen molar-refractivity contribution in [2.75, 3.05) is 0 Å². The van der Waals surface area contributed by atoms with Crippen LogP contribution in [0.2, 0.25) is 0 Å². The molecule has 1 N–H and O–H groups in total. The van der Waals surface area contributed by atoms with E-state index < -0.39 is 5.91 Å². The van der Waals surface area contributed by atoms with Gasteiger partial charge >= 0.3 is 0 Å². The number of aryl methyl sites for hydroxylation is 1. The predicted octanol–water partition coefficient (Wildman–Crippen LogP) is 0.406. The number of hydrogen-bond acceptors (Lipinski definition) is 3. The molecule has 1 aromatic heterocycles. The van der Waals surface area contributed by atoms with E-state index in [1.54, 1.807) is 6.92 Å². The maximum Gasteiger partial charge on any atom is 0.274 e. The van der Waals surface area contributed by atoms with Crippen LogP contribution in [0.15, 0.2) is 10.7 Å². The van der Waals surface area contributed by atoms with Crippen LogP contribution in [0.1, 0.15) is 16.1 Å². The quantitative estimate of drug-likeness (QED) is 0.545. The van der Waals surface area contributed by atoms with Crippen molar-refractivity contribution in [3.8, 4) is 0 Å². The lowest BCUT2D eigenvalue weighted by Gasteiger charge is -1.82. The van der Waals surface area contributed by atoms with Crippen molar-refractivity contribution in [2.45, 2.75) is 6.92 Å². The lowest BCUT2D eigenvalue weighted by atomic mass is 10.3. The molecule has 1 heterocycles.